The van der Waals surface area contributed by atoms with E-state index in [2.05, 4.69) is 45.7 Å². The highest BCUT2D eigenvalue weighted by atomic mass is 32.1. The van der Waals surface area contributed by atoms with Gasteiger partial charge in [0.25, 0.3) is 5.91 Å². The smallest absolute Gasteiger partial charge is 0.417 e. The van der Waals surface area contributed by atoms with Crippen LogP contribution in [-0.4, -0.2) is 78.6 Å². The number of carbonyl (C=O) groups excluding carboxylic acids is 1. The Morgan fingerprint density at radius 2 is 1.42 bits per heavy atom. The fourth-order valence-electron chi connectivity index (χ4n) is 5.89. The molecule has 298 valence electrons. The number of nitrogens with one attached hydrogen (secondary N) is 4. The molecule has 1 aromatic carbocycles. The number of phenolic OH excluding ortho intramolecular Hbond substituents is 1. The summed E-state index contributed by atoms with van der Waals surface area (Å²) >= 11 is 2.08. The summed E-state index contributed by atoms with van der Waals surface area (Å²) in [5.74, 6) is 3.69. The van der Waals surface area contributed by atoms with Crippen LogP contribution in [0.15, 0.2) is 45.2 Å². The molecule has 5 heterocycles. The molecule has 2 atom stereocenters. The number of carbonyl (C=O) groups is 1. The number of rotatable bonds is 11. The number of nitrogens with zero attached hydrogens (tertiary/aromatic N) is 6. The van der Waals surface area contributed by atoms with Gasteiger partial charge in [-0.05, 0) is 69.1 Å². The lowest BCUT2D eigenvalue weighted by Gasteiger charge is -2.33. The van der Waals surface area contributed by atoms with E-state index in [1.165, 1.54) is 16.6 Å². The number of furan rings is 2. The van der Waals surface area contributed by atoms with Gasteiger partial charge in [0.15, 0.2) is 29.0 Å². The zero-order chi connectivity index (χ0) is 40.1. The van der Waals surface area contributed by atoms with Crippen molar-refractivity contribution in [1.29, 1.82) is 0 Å². The van der Waals surface area contributed by atoms with Crippen molar-refractivity contribution in [2.45, 2.75) is 66.2 Å². The predicted octanol–water partition coefficient (Wildman–Crippen LogP) is 8.54. The second-order valence-corrected chi connectivity index (χ2v) is 15.3. The standard InChI is InChI=1S/C25H31F3N6O3S.C11H16N4OS/c1-14-6-9-17(37-14)20(24(2,3)4)30-22-21(31-38-32-22)29-16-8-7-15(25(26,27)28)18(19(16)35)23(36)34-12-10-33(5)11-13-34;1-4-8(9-6-5-7(2)16-9)13-11-10(12-3)14-17-15-11/h6-9,20,35H,10-13H2,1-5H3,(H,29,31)(H,30,32);5-6,8H,4H2,1-3H3,(H,12,14)(H,13,15)/t20-;8-/m01/s1. The number of aryl methyl sites for hydroxylation is 2. The molecule has 5 N–H and O–H groups in total. The zero-order valence-electron chi connectivity index (χ0n) is 32.0. The predicted molar refractivity (Wildman–Crippen MR) is 209 cm³/mol. The molecule has 0 spiro atoms. The molecule has 1 fully saturated rings. The summed E-state index contributed by atoms with van der Waals surface area (Å²) in [5, 5.41) is 23.5. The van der Waals surface area contributed by atoms with Gasteiger partial charge in [-0.3, -0.25) is 4.79 Å². The lowest BCUT2D eigenvalue weighted by molar-refractivity contribution is -0.138. The van der Waals surface area contributed by atoms with Crippen LogP contribution in [0.3, 0.4) is 0 Å². The maximum Gasteiger partial charge on any atom is 0.417 e. The molecule has 1 aliphatic heterocycles. The highest BCUT2D eigenvalue weighted by molar-refractivity contribution is 7.00. The Balaban J connectivity index is 0.000000284. The van der Waals surface area contributed by atoms with Gasteiger partial charge in [0.2, 0.25) is 0 Å². The third-order valence-corrected chi connectivity index (χ3v) is 10.0. The van der Waals surface area contributed by atoms with Gasteiger partial charge in [0.1, 0.15) is 23.0 Å². The molecule has 1 amide bonds. The molecule has 0 aliphatic carbocycles. The number of hydrogen-bond acceptors (Lipinski definition) is 15. The summed E-state index contributed by atoms with van der Waals surface area (Å²) in [6, 6.07) is 9.38. The molecular formula is C36H47F3N10O4S2. The minimum atomic E-state index is -4.83. The van der Waals surface area contributed by atoms with E-state index in [-0.39, 0.29) is 42.1 Å². The lowest BCUT2D eigenvalue weighted by Crippen LogP contribution is -2.47. The van der Waals surface area contributed by atoms with E-state index < -0.39 is 29.0 Å². The van der Waals surface area contributed by atoms with Gasteiger partial charge in [0, 0.05) is 33.2 Å². The molecule has 6 rings (SSSR count). The fraction of sp³-hybridized carbons (Fsp3) is 0.472. The lowest BCUT2D eigenvalue weighted by atomic mass is 9.85. The van der Waals surface area contributed by atoms with E-state index >= 15 is 0 Å². The van der Waals surface area contributed by atoms with Crippen molar-refractivity contribution in [2.75, 3.05) is 61.5 Å². The Bertz CT molecular complexity index is 2030. The largest absolute Gasteiger partial charge is 0.505 e. The Kier molecular flexibility index (Phi) is 13.0. The second kappa shape index (κ2) is 17.3. The van der Waals surface area contributed by atoms with E-state index in [0.717, 1.165) is 59.2 Å². The maximum atomic E-state index is 13.9. The van der Waals surface area contributed by atoms with Crippen LogP contribution in [0.2, 0.25) is 0 Å². The summed E-state index contributed by atoms with van der Waals surface area (Å²) in [6.07, 6.45) is -3.91. The van der Waals surface area contributed by atoms with E-state index in [1.54, 1.807) is 0 Å². The number of piperazine rings is 1. The van der Waals surface area contributed by atoms with Crippen LogP contribution >= 0.6 is 23.5 Å². The number of alkyl halides is 3. The highest BCUT2D eigenvalue weighted by Gasteiger charge is 2.39. The molecule has 1 saturated heterocycles. The van der Waals surface area contributed by atoms with E-state index in [0.29, 0.717) is 24.7 Å². The third kappa shape index (κ3) is 10.1. The number of amides is 1. The molecule has 0 bridgehead atoms. The first-order valence-corrected chi connectivity index (χ1v) is 19.1. The van der Waals surface area contributed by atoms with Crippen molar-refractivity contribution in [2.24, 2.45) is 5.41 Å². The van der Waals surface area contributed by atoms with Crippen molar-refractivity contribution in [1.82, 2.24) is 27.3 Å². The van der Waals surface area contributed by atoms with Gasteiger partial charge in [0.05, 0.1) is 52.4 Å². The molecule has 0 radical (unpaired) electrons. The topological polar surface area (TPSA) is 170 Å². The van der Waals surface area contributed by atoms with Crippen LogP contribution in [0.1, 0.15) is 85.2 Å². The first kappa shape index (κ1) is 41.3. The van der Waals surface area contributed by atoms with Crippen molar-refractivity contribution < 1.29 is 31.9 Å². The summed E-state index contributed by atoms with van der Waals surface area (Å²) in [4.78, 5) is 16.5. The summed E-state index contributed by atoms with van der Waals surface area (Å²) in [7, 11) is 3.70. The van der Waals surface area contributed by atoms with E-state index in [9.17, 15) is 23.1 Å². The van der Waals surface area contributed by atoms with Gasteiger partial charge in [-0.15, -0.1) is 0 Å². The quantitative estimate of drug-likeness (QED) is 0.0806. The monoisotopic (exact) mass is 804 g/mol. The number of aromatic nitrogens is 4. The number of aromatic hydroxyl groups is 1. The summed E-state index contributed by atoms with van der Waals surface area (Å²) < 4.78 is 69.9. The molecule has 1 aliphatic rings. The van der Waals surface area contributed by atoms with Crippen molar-refractivity contribution in [3.05, 3.63) is 70.6 Å². The van der Waals surface area contributed by atoms with Crippen LogP contribution in [0.5, 0.6) is 5.75 Å². The zero-order valence-corrected chi connectivity index (χ0v) is 33.6. The van der Waals surface area contributed by atoms with Gasteiger partial charge >= 0.3 is 6.18 Å². The van der Waals surface area contributed by atoms with Crippen LogP contribution in [0, 0.1) is 19.3 Å². The number of phenols is 1. The first-order valence-electron chi connectivity index (χ1n) is 17.7. The highest BCUT2D eigenvalue weighted by Crippen LogP contribution is 2.43. The van der Waals surface area contributed by atoms with Crippen molar-refractivity contribution in [3.63, 3.8) is 0 Å². The summed E-state index contributed by atoms with van der Waals surface area (Å²) in [6.45, 7) is 13.5. The number of hydrogen-bond donors (Lipinski definition) is 5. The van der Waals surface area contributed by atoms with Crippen molar-refractivity contribution >= 4 is 58.3 Å². The molecule has 14 nitrogen and oxygen atoms in total. The average Bonchev–Trinajstić information content (AvgIpc) is 3.95. The normalized spacial score (nSPS) is 14.9. The number of anilines is 5. The van der Waals surface area contributed by atoms with E-state index in [4.69, 9.17) is 8.83 Å². The van der Waals surface area contributed by atoms with Crippen LogP contribution in [0.25, 0.3) is 0 Å². The number of likely N-dealkylation sites (N-methyl/N-ethyl adjacent to an activating group) is 1. The second-order valence-electron chi connectivity index (χ2n) is 14.2. The Morgan fingerprint density at radius 1 is 0.855 bits per heavy atom. The Labute approximate surface area is 326 Å². The number of benzene rings is 1. The van der Waals surface area contributed by atoms with Gasteiger partial charge < -0.3 is 45.0 Å². The Morgan fingerprint density at radius 3 is 1.95 bits per heavy atom. The van der Waals surface area contributed by atoms with Crippen LogP contribution in [-0.2, 0) is 6.18 Å². The van der Waals surface area contributed by atoms with Crippen molar-refractivity contribution in [3.8, 4) is 5.75 Å². The van der Waals surface area contributed by atoms with E-state index in [1.807, 2.05) is 77.9 Å². The molecule has 4 aromatic heterocycles. The van der Waals surface area contributed by atoms with Gasteiger partial charge in [-0.25, -0.2) is 0 Å². The Hall–Kier alpha value is -4.88. The van der Waals surface area contributed by atoms with Gasteiger partial charge in [-0.2, -0.15) is 30.7 Å². The molecule has 19 heteroatoms. The minimum absolute atomic E-state index is 0.0904. The summed E-state index contributed by atoms with van der Waals surface area (Å²) in [5.41, 5.74) is -2.37. The molecular weight excluding hydrogens is 758 g/mol. The molecule has 0 saturated carbocycles. The minimum Gasteiger partial charge on any atom is -0.505 e. The SMILES string of the molecule is CC[C@@H](Nc1nsnc1NC)c1ccc(C)o1.Cc1ccc([C@H](Nc2nsnc2Nc2ccc(C(F)(F)F)c(C(=O)N3CCN(C)CC3)c2O)C(C)(C)C)o1. The molecule has 5 aromatic rings. The third-order valence-electron chi connectivity index (χ3n) is 8.97. The van der Waals surface area contributed by atoms with Crippen LogP contribution in [0.4, 0.5) is 42.1 Å². The number of halogens is 3. The van der Waals surface area contributed by atoms with Gasteiger partial charge in [-0.1, -0.05) is 27.7 Å². The van der Waals surface area contributed by atoms with Crippen LogP contribution < -0.4 is 21.3 Å². The molecule has 55 heavy (non-hydrogen) atoms. The maximum absolute atomic E-state index is 13.9. The average molecular weight is 805 g/mol. The fourth-order valence-corrected chi connectivity index (χ4v) is 6.89. The molecule has 0 unspecified atom stereocenters. The first-order chi connectivity index (χ1) is 26.0.